The van der Waals surface area contributed by atoms with Gasteiger partial charge in [-0.3, -0.25) is 4.79 Å². The molecule has 0 aliphatic heterocycles. The number of nitrogens with one attached hydrogen (secondary N) is 2. The molecule has 4 aromatic rings. The molecule has 0 saturated carbocycles. The van der Waals surface area contributed by atoms with Gasteiger partial charge in [0.15, 0.2) is 5.82 Å². The molecule has 0 atom stereocenters. The lowest BCUT2D eigenvalue weighted by Gasteiger charge is -2.13. The van der Waals surface area contributed by atoms with Gasteiger partial charge in [-0.15, -0.1) is 0 Å². The van der Waals surface area contributed by atoms with Gasteiger partial charge in [-0.1, -0.05) is 6.58 Å². The van der Waals surface area contributed by atoms with E-state index in [2.05, 4.69) is 37.2 Å². The number of aryl methyl sites for hydroxylation is 1. The van der Waals surface area contributed by atoms with Crippen molar-refractivity contribution in [1.29, 1.82) is 0 Å². The summed E-state index contributed by atoms with van der Waals surface area (Å²) in [5.41, 5.74) is 8.43. The van der Waals surface area contributed by atoms with Crippen LogP contribution in [0.5, 0.6) is 11.5 Å². The molecule has 2 aromatic carbocycles. The van der Waals surface area contributed by atoms with Crippen molar-refractivity contribution in [3.63, 3.8) is 0 Å². The van der Waals surface area contributed by atoms with Crippen molar-refractivity contribution < 1.29 is 9.53 Å². The van der Waals surface area contributed by atoms with Crippen LogP contribution in [-0.4, -0.2) is 27.2 Å². The third-order valence-corrected chi connectivity index (χ3v) is 4.68. The third-order valence-electron chi connectivity index (χ3n) is 4.68. The van der Waals surface area contributed by atoms with Crippen molar-refractivity contribution in [3.8, 4) is 11.5 Å². The second kappa shape index (κ2) is 9.56. The van der Waals surface area contributed by atoms with E-state index in [0.29, 0.717) is 28.8 Å². The number of pyridine rings is 1. The molecule has 0 aliphatic rings. The minimum Gasteiger partial charge on any atom is -0.457 e. The first-order valence-electron chi connectivity index (χ1n) is 10.00. The summed E-state index contributed by atoms with van der Waals surface area (Å²) in [7, 11) is 0. The topological polar surface area (TPSA) is 127 Å². The van der Waals surface area contributed by atoms with Gasteiger partial charge < -0.3 is 21.1 Å². The lowest BCUT2D eigenvalue weighted by molar-refractivity contribution is -0.111. The maximum atomic E-state index is 11.6. The van der Waals surface area contributed by atoms with Crippen LogP contribution in [0.15, 0.2) is 78.7 Å². The average Bonchev–Trinajstić information content (AvgIpc) is 2.81. The molecule has 0 saturated heterocycles. The van der Waals surface area contributed by atoms with Crippen LogP contribution in [-0.2, 0) is 4.79 Å². The first-order valence-corrected chi connectivity index (χ1v) is 10.00. The zero-order chi connectivity index (χ0) is 23.2. The van der Waals surface area contributed by atoms with Crippen molar-refractivity contribution in [2.24, 2.45) is 10.7 Å². The molecule has 1 amide bonds. The first kappa shape index (κ1) is 21.4. The molecule has 0 bridgehead atoms. The molecule has 33 heavy (non-hydrogen) atoms. The third kappa shape index (κ3) is 5.10. The van der Waals surface area contributed by atoms with Gasteiger partial charge >= 0.3 is 0 Å². The number of rotatable bonds is 7. The van der Waals surface area contributed by atoms with E-state index in [9.17, 15) is 4.79 Å². The molecule has 9 nitrogen and oxygen atoms in total. The number of hydrogen-bond donors (Lipinski definition) is 3. The van der Waals surface area contributed by atoms with Crippen LogP contribution in [0.25, 0.3) is 10.9 Å². The number of amides is 1. The Bertz CT molecular complexity index is 1370. The summed E-state index contributed by atoms with van der Waals surface area (Å²) < 4.78 is 5.98. The molecule has 0 fully saturated rings. The maximum absolute atomic E-state index is 11.6. The molecule has 0 spiro atoms. The second-order valence-corrected chi connectivity index (χ2v) is 6.98. The highest BCUT2D eigenvalue weighted by Crippen LogP contribution is 2.31. The first-order chi connectivity index (χ1) is 16.1. The molecule has 9 heteroatoms. The van der Waals surface area contributed by atoms with E-state index in [1.54, 1.807) is 24.4 Å². The standard InChI is InChI=1S/C24H21N7O2/c1-3-23(32)30-17-4-6-20-19(11-17)24(29-14-28-20)31-16-5-7-21(15(2)10-16)33-18-8-9-26-22(12-18)27-13-25/h3-14H,1H2,2H3,(H,30,32)(H2,25,26,27)(H,28,29,31). The minimum absolute atomic E-state index is 0.289. The normalized spacial score (nSPS) is 10.8. The number of anilines is 3. The summed E-state index contributed by atoms with van der Waals surface area (Å²) in [6.07, 6.45) is 5.50. The van der Waals surface area contributed by atoms with E-state index in [1.807, 2.05) is 37.3 Å². The van der Waals surface area contributed by atoms with Crippen molar-refractivity contribution in [3.05, 3.63) is 79.3 Å². The molecular weight excluding hydrogens is 418 g/mol. The molecule has 0 aliphatic carbocycles. The fourth-order valence-electron chi connectivity index (χ4n) is 3.14. The van der Waals surface area contributed by atoms with Gasteiger partial charge in [-0.2, -0.15) is 0 Å². The Balaban J connectivity index is 1.57. The molecule has 4 rings (SSSR count). The fourth-order valence-corrected chi connectivity index (χ4v) is 3.14. The highest BCUT2D eigenvalue weighted by molar-refractivity contribution is 6.01. The SMILES string of the molecule is C=CC(=O)Nc1ccc2ncnc(Nc3ccc(Oc4ccnc(N=CN)c4)c(C)c3)c2c1. The monoisotopic (exact) mass is 439 g/mol. The van der Waals surface area contributed by atoms with E-state index in [4.69, 9.17) is 10.5 Å². The maximum Gasteiger partial charge on any atom is 0.247 e. The zero-order valence-electron chi connectivity index (χ0n) is 17.8. The number of fused-ring (bicyclic) bond motifs is 1. The molecule has 0 unspecified atom stereocenters. The molecule has 164 valence electrons. The summed E-state index contributed by atoms with van der Waals surface area (Å²) in [5.74, 6) is 2.08. The van der Waals surface area contributed by atoms with Gasteiger partial charge in [0.25, 0.3) is 0 Å². The minimum atomic E-state index is -0.289. The Kier molecular flexibility index (Phi) is 6.21. The van der Waals surface area contributed by atoms with Crippen molar-refractivity contribution >= 4 is 46.2 Å². The fraction of sp³-hybridized carbons (Fsp3) is 0.0417. The summed E-state index contributed by atoms with van der Waals surface area (Å²) in [5, 5.41) is 6.83. The van der Waals surface area contributed by atoms with Gasteiger partial charge in [-0.05, 0) is 61.0 Å². The van der Waals surface area contributed by atoms with Gasteiger partial charge in [-0.25, -0.2) is 19.9 Å². The Morgan fingerprint density at radius 3 is 2.73 bits per heavy atom. The van der Waals surface area contributed by atoms with Crippen molar-refractivity contribution in [2.75, 3.05) is 10.6 Å². The Morgan fingerprint density at radius 2 is 1.94 bits per heavy atom. The lowest BCUT2D eigenvalue weighted by Crippen LogP contribution is -2.07. The van der Waals surface area contributed by atoms with E-state index in [-0.39, 0.29) is 5.91 Å². The van der Waals surface area contributed by atoms with E-state index in [1.165, 1.54) is 18.7 Å². The van der Waals surface area contributed by atoms with Gasteiger partial charge in [0.05, 0.1) is 11.9 Å². The predicted molar refractivity (Wildman–Crippen MR) is 129 cm³/mol. The Labute approximate surface area is 190 Å². The molecule has 2 aromatic heterocycles. The quantitative estimate of drug-likeness (QED) is 0.218. The van der Waals surface area contributed by atoms with Crippen LogP contribution < -0.4 is 21.1 Å². The van der Waals surface area contributed by atoms with Crippen LogP contribution in [0.4, 0.5) is 23.0 Å². The molecule has 2 heterocycles. The van der Waals surface area contributed by atoms with Crippen molar-refractivity contribution in [1.82, 2.24) is 15.0 Å². The number of benzene rings is 2. The van der Waals surface area contributed by atoms with Crippen LogP contribution in [0.3, 0.4) is 0 Å². The van der Waals surface area contributed by atoms with Crippen LogP contribution in [0.2, 0.25) is 0 Å². The number of carbonyl (C=O) groups excluding carboxylic acids is 1. The molecular formula is C24H21N7O2. The van der Waals surface area contributed by atoms with E-state index in [0.717, 1.165) is 22.2 Å². The highest BCUT2D eigenvalue weighted by atomic mass is 16.5. The summed E-state index contributed by atoms with van der Waals surface area (Å²) in [4.78, 5) is 28.4. The van der Waals surface area contributed by atoms with Crippen LogP contribution in [0.1, 0.15) is 5.56 Å². The summed E-state index contributed by atoms with van der Waals surface area (Å²) >= 11 is 0. The number of nitrogens with two attached hydrogens (primary N) is 1. The van der Waals surface area contributed by atoms with Crippen LogP contribution >= 0.6 is 0 Å². The van der Waals surface area contributed by atoms with Gasteiger partial charge in [0.1, 0.15) is 23.6 Å². The van der Waals surface area contributed by atoms with Crippen molar-refractivity contribution in [2.45, 2.75) is 6.92 Å². The van der Waals surface area contributed by atoms with Gasteiger partial charge in [0, 0.05) is 29.0 Å². The second-order valence-electron chi connectivity index (χ2n) is 6.98. The largest absolute Gasteiger partial charge is 0.457 e. The number of carbonyl (C=O) groups is 1. The number of ether oxygens (including phenoxy) is 1. The highest BCUT2D eigenvalue weighted by Gasteiger charge is 2.09. The number of aromatic nitrogens is 3. The van der Waals surface area contributed by atoms with E-state index < -0.39 is 0 Å². The van der Waals surface area contributed by atoms with Gasteiger partial charge in [0.2, 0.25) is 5.91 Å². The smallest absolute Gasteiger partial charge is 0.247 e. The Morgan fingerprint density at radius 1 is 1.09 bits per heavy atom. The van der Waals surface area contributed by atoms with E-state index >= 15 is 0 Å². The lowest BCUT2D eigenvalue weighted by atomic mass is 10.1. The zero-order valence-corrected chi connectivity index (χ0v) is 17.8. The summed E-state index contributed by atoms with van der Waals surface area (Å²) in [6.45, 7) is 5.42. The predicted octanol–water partition coefficient (Wildman–Crippen LogP) is 4.61. The average molecular weight is 439 g/mol. The number of nitrogens with zero attached hydrogens (tertiary/aromatic N) is 4. The summed E-state index contributed by atoms with van der Waals surface area (Å²) in [6, 6.07) is 14.6. The number of hydrogen-bond acceptors (Lipinski definition) is 7. The number of aliphatic imine (C=N–C) groups is 1. The van der Waals surface area contributed by atoms with Crippen LogP contribution in [0, 0.1) is 6.92 Å². The molecule has 4 N–H and O–H groups in total. The molecule has 0 radical (unpaired) electrons. The Hall–Kier alpha value is -4.79.